The van der Waals surface area contributed by atoms with Crippen molar-refractivity contribution in [2.45, 2.75) is 23.1 Å². The van der Waals surface area contributed by atoms with E-state index in [-0.39, 0.29) is 28.1 Å². The summed E-state index contributed by atoms with van der Waals surface area (Å²) < 4.78 is 5.60. The SMILES string of the molecule is CON=C(C(=O)NC1C(=O)N2C(C(=O)O)=C(CSc3nnnn3CCN(C)C)CS[C@H]12)c1nsc(N)n1. The number of carbonyl (C=O) groups is 3. The number of tetrazole rings is 1. The number of carbonyl (C=O) groups excluding carboxylic acids is 2. The molecule has 1 fully saturated rings. The Kier molecular flexibility index (Phi) is 8.25. The molecule has 198 valence electrons. The molecule has 2 amide bonds. The Morgan fingerprint density at radius 2 is 2.19 bits per heavy atom. The van der Waals surface area contributed by atoms with Gasteiger partial charge in [0.15, 0.2) is 5.13 Å². The normalized spacial score (nSPS) is 19.6. The van der Waals surface area contributed by atoms with Crippen LogP contribution in [0.2, 0.25) is 0 Å². The number of hydrogen-bond donors (Lipinski definition) is 3. The summed E-state index contributed by atoms with van der Waals surface area (Å²) >= 11 is 3.52. The predicted octanol–water partition coefficient (Wildman–Crippen LogP) is -1.45. The Morgan fingerprint density at radius 1 is 1.41 bits per heavy atom. The maximum absolute atomic E-state index is 13.0. The van der Waals surface area contributed by atoms with E-state index in [0.29, 0.717) is 23.0 Å². The van der Waals surface area contributed by atoms with Gasteiger partial charge in [0.25, 0.3) is 11.8 Å². The minimum absolute atomic E-state index is 0.0415. The minimum atomic E-state index is -1.23. The quantitative estimate of drug-likeness (QED) is 0.122. The standard InChI is InChI=1S/C18H23N11O5S3/c1-27(2)4-5-28-18(22-25-26-28)36-7-8-6-35-15-10(14(31)29(15)11(8)16(32)33)20-13(30)9(23-34-3)12-21-17(19)37-24-12/h10,15H,4-7H2,1-3H3,(H,20,30)(H,32,33)(H2,19,21,24)/t10?,15-/m1/s1. The van der Waals surface area contributed by atoms with Gasteiger partial charge in [-0.15, -0.1) is 16.9 Å². The van der Waals surface area contributed by atoms with Crippen molar-refractivity contribution in [2.75, 3.05) is 45.0 Å². The van der Waals surface area contributed by atoms with Crippen LogP contribution >= 0.6 is 35.1 Å². The van der Waals surface area contributed by atoms with Gasteiger partial charge in [0.1, 0.15) is 24.2 Å². The highest BCUT2D eigenvalue weighted by molar-refractivity contribution is 8.01. The Labute approximate surface area is 222 Å². The van der Waals surface area contributed by atoms with Gasteiger partial charge >= 0.3 is 5.97 Å². The number of likely N-dealkylation sites (N-methyl/N-ethyl adjacent to an activating group) is 1. The molecule has 37 heavy (non-hydrogen) atoms. The van der Waals surface area contributed by atoms with Crippen molar-refractivity contribution >= 4 is 63.7 Å². The van der Waals surface area contributed by atoms with Crippen molar-refractivity contribution in [3.8, 4) is 0 Å². The van der Waals surface area contributed by atoms with Crippen molar-refractivity contribution in [1.29, 1.82) is 0 Å². The van der Waals surface area contributed by atoms with Gasteiger partial charge in [0, 0.05) is 29.6 Å². The molecule has 2 aromatic rings. The summed E-state index contributed by atoms with van der Waals surface area (Å²) in [6.45, 7) is 1.31. The number of anilines is 1. The topological polar surface area (TPSA) is 207 Å². The van der Waals surface area contributed by atoms with Gasteiger partial charge in [-0.3, -0.25) is 14.5 Å². The second-order valence-corrected chi connectivity index (χ2v) is 10.8. The van der Waals surface area contributed by atoms with Gasteiger partial charge in [-0.1, -0.05) is 16.9 Å². The van der Waals surface area contributed by atoms with Crippen LogP contribution in [-0.2, 0) is 25.8 Å². The van der Waals surface area contributed by atoms with Crippen molar-refractivity contribution in [2.24, 2.45) is 5.16 Å². The fraction of sp³-hybridized carbons (Fsp3) is 0.500. The molecule has 2 aliphatic heterocycles. The Bertz CT molecular complexity index is 1260. The van der Waals surface area contributed by atoms with Crippen LogP contribution in [0.1, 0.15) is 5.82 Å². The van der Waals surface area contributed by atoms with Crippen LogP contribution in [0.4, 0.5) is 5.13 Å². The summed E-state index contributed by atoms with van der Waals surface area (Å²) in [6, 6.07) is -0.961. The van der Waals surface area contributed by atoms with Gasteiger partial charge in [-0.25, -0.2) is 9.48 Å². The number of hydrogen-bond acceptors (Lipinski definition) is 15. The molecule has 0 aliphatic carbocycles. The van der Waals surface area contributed by atoms with Gasteiger partial charge in [0.05, 0.1) is 6.54 Å². The third kappa shape index (κ3) is 5.68. The van der Waals surface area contributed by atoms with Crippen LogP contribution in [0.25, 0.3) is 0 Å². The van der Waals surface area contributed by atoms with E-state index in [1.807, 2.05) is 19.0 Å². The molecular weight excluding hydrogens is 546 g/mol. The van der Waals surface area contributed by atoms with Crippen LogP contribution in [0.5, 0.6) is 0 Å². The highest BCUT2D eigenvalue weighted by Crippen LogP contribution is 2.41. The maximum atomic E-state index is 13.0. The number of nitrogens with two attached hydrogens (primary N) is 1. The lowest BCUT2D eigenvalue weighted by atomic mass is 10.0. The summed E-state index contributed by atoms with van der Waals surface area (Å²) in [4.78, 5) is 49.8. The van der Waals surface area contributed by atoms with Gasteiger partial charge < -0.3 is 25.9 Å². The number of carboxylic acid groups (broad SMARTS) is 1. The zero-order chi connectivity index (χ0) is 26.7. The van der Waals surface area contributed by atoms with E-state index in [1.165, 1.54) is 35.5 Å². The van der Waals surface area contributed by atoms with Crippen LogP contribution < -0.4 is 11.1 Å². The van der Waals surface area contributed by atoms with Crippen molar-refractivity contribution in [3.05, 3.63) is 17.1 Å². The molecule has 2 aromatic heterocycles. The zero-order valence-corrected chi connectivity index (χ0v) is 22.3. The number of aromatic nitrogens is 6. The van der Waals surface area contributed by atoms with Crippen LogP contribution in [0, 0.1) is 0 Å². The molecule has 16 nitrogen and oxygen atoms in total. The minimum Gasteiger partial charge on any atom is -0.477 e. The summed E-state index contributed by atoms with van der Waals surface area (Å²) in [5.41, 5.74) is 5.80. The molecule has 4 rings (SSSR count). The van der Waals surface area contributed by atoms with E-state index < -0.39 is 29.2 Å². The molecule has 0 radical (unpaired) electrons. The van der Waals surface area contributed by atoms with Gasteiger partial charge in [0.2, 0.25) is 16.7 Å². The first-order chi connectivity index (χ1) is 17.7. The number of amides is 2. The van der Waals surface area contributed by atoms with Crippen LogP contribution in [-0.4, -0.2) is 119 Å². The van der Waals surface area contributed by atoms with E-state index in [4.69, 9.17) is 10.6 Å². The first-order valence-electron chi connectivity index (χ1n) is 10.7. The molecule has 4 N–H and O–H groups in total. The monoisotopic (exact) mass is 569 g/mol. The number of carboxylic acids is 1. The number of nitrogens with one attached hydrogen (secondary N) is 1. The number of fused-ring (bicyclic) bond motifs is 1. The molecule has 0 aromatic carbocycles. The molecule has 0 bridgehead atoms. The number of aliphatic carboxylic acids is 1. The summed E-state index contributed by atoms with van der Waals surface area (Å²) in [6.07, 6.45) is 0. The highest BCUT2D eigenvalue weighted by Gasteiger charge is 2.54. The van der Waals surface area contributed by atoms with Crippen LogP contribution in [0.3, 0.4) is 0 Å². The molecule has 4 heterocycles. The average Bonchev–Trinajstić information content (AvgIpc) is 3.50. The number of rotatable bonds is 11. The fourth-order valence-electron chi connectivity index (χ4n) is 3.50. The fourth-order valence-corrected chi connectivity index (χ4v) is 6.32. The van der Waals surface area contributed by atoms with E-state index in [1.54, 1.807) is 4.68 Å². The molecule has 19 heteroatoms. The molecule has 2 aliphatic rings. The Morgan fingerprint density at radius 3 is 2.84 bits per heavy atom. The lowest BCUT2D eigenvalue weighted by Crippen LogP contribution is -2.71. The van der Waals surface area contributed by atoms with E-state index in [9.17, 15) is 19.5 Å². The summed E-state index contributed by atoms with van der Waals surface area (Å²) in [5, 5.41) is 27.9. The lowest BCUT2D eigenvalue weighted by molar-refractivity contribution is -0.150. The second kappa shape index (κ2) is 11.4. The molecule has 1 saturated heterocycles. The largest absolute Gasteiger partial charge is 0.477 e. The Balaban J connectivity index is 1.46. The smallest absolute Gasteiger partial charge is 0.352 e. The predicted molar refractivity (Wildman–Crippen MR) is 135 cm³/mol. The van der Waals surface area contributed by atoms with Crippen molar-refractivity contribution in [1.82, 2.24) is 44.7 Å². The first-order valence-corrected chi connectivity index (χ1v) is 13.5. The van der Waals surface area contributed by atoms with E-state index in [0.717, 1.165) is 18.1 Å². The zero-order valence-electron chi connectivity index (χ0n) is 19.9. The van der Waals surface area contributed by atoms with E-state index in [2.05, 4.69) is 35.4 Å². The maximum Gasteiger partial charge on any atom is 0.352 e. The lowest BCUT2D eigenvalue weighted by Gasteiger charge is -2.49. The van der Waals surface area contributed by atoms with Gasteiger partial charge in [-0.2, -0.15) is 9.36 Å². The van der Waals surface area contributed by atoms with Crippen molar-refractivity contribution < 1.29 is 24.3 Å². The molecule has 0 saturated carbocycles. The van der Waals surface area contributed by atoms with Gasteiger partial charge in [-0.05, 0) is 30.1 Å². The summed E-state index contributed by atoms with van der Waals surface area (Å²) in [7, 11) is 5.13. The third-order valence-corrected chi connectivity index (χ3v) is 8.15. The molecular formula is C18H23N11O5S3. The number of nitrogens with zero attached hydrogens (tertiary/aromatic N) is 9. The summed E-state index contributed by atoms with van der Waals surface area (Å²) in [5.74, 6) is -1.94. The van der Waals surface area contributed by atoms with E-state index >= 15 is 0 Å². The number of β-lactam (4-membered cyclic amide) rings is 1. The molecule has 0 spiro atoms. The van der Waals surface area contributed by atoms with Crippen LogP contribution in [0.15, 0.2) is 21.6 Å². The third-order valence-electron chi connectivity index (χ3n) is 5.22. The number of nitrogen functional groups attached to an aromatic ring is 1. The first kappa shape index (κ1) is 26.8. The second-order valence-electron chi connectivity index (χ2n) is 7.97. The number of thioether (sulfide) groups is 2. The average molecular weight is 570 g/mol. The Hall–Kier alpha value is -3.29. The van der Waals surface area contributed by atoms with Crippen molar-refractivity contribution in [3.63, 3.8) is 0 Å². The highest BCUT2D eigenvalue weighted by atomic mass is 32.2. The molecule has 1 unspecified atom stereocenters. The number of oxime groups is 1. The molecule has 2 atom stereocenters.